The van der Waals surface area contributed by atoms with Crippen LogP contribution in [0.2, 0.25) is 0 Å². The monoisotopic (exact) mass is 2030 g/mol. The number of hydrogen-bond acceptors (Lipinski definition) is 22. The van der Waals surface area contributed by atoms with Gasteiger partial charge in [-0.05, 0) is 155 Å². The lowest BCUT2D eigenvalue weighted by Crippen LogP contribution is -2.42. The number of halogens is 1. The number of methoxy groups -OCH3 is 3. The van der Waals surface area contributed by atoms with Gasteiger partial charge in [-0.1, -0.05) is 69.0 Å². The number of aliphatic hydroxyl groups is 7. The summed E-state index contributed by atoms with van der Waals surface area (Å²) in [6, 6.07) is -1.97. The Morgan fingerprint density at radius 3 is 0.713 bits per heavy atom. The summed E-state index contributed by atoms with van der Waals surface area (Å²) in [5, 5.41) is 104. The number of nitrogens with one attached hydrogen (secondary N) is 12. The fraction of sp³-hybridized carbons (Fsp3) is 0.591. The Morgan fingerprint density at radius 1 is 0.295 bits per heavy atom. The molecule has 19 N–H and O–H groups in total. The van der Waals surface area contributed by atoms with Crippen molar-refractivity contribution in [1.29, 1.82) is 0 Å². The van der Waals surface area contributed by atoms with Crippen LogP contribution in [0, 0.1) is 5.92 Å². The minimum absolute atomic E-state index is 0.0407. The molecule has 24 atom stereocenters. The van der Waals surface area contributed by atoms with Crippen molar-refractivity contribution in [3.05, 3.63) is 144 Å². The minimum atomic E-state index is -1.21. The lowest BCUT2D eigenvalue weighted by molar-refractivity contribution is 0.000132. The second-order valence-corrected chi connectivity index (χ2v) is 65.5. The van der Waals surface area contributed by atoms with Crippen molar-refractivity contribution in [2.24, 2.45) is 5.92 Å². The van der Waals surface area contributed by atoms with Crippen LogP contribution in [0.3, 0.4) is 0 Å². The molecule has 0 radical (unpaired) electrons. The number of amides is 12. The molecular weight excluding hydrogens is 1890 g/mol. The van der Waals surface area contributed by atoms with Crippen molar-refractivity contribution in [1.82, 2.24) is 63.8 Å². The van der Waals surface area contributed by atoms with Gasteiger partial charge in [-0.15, -0.1) is 79.1 Å². The normalized spacial score (nSPS) is 32.9. The van der Waals surface area contributed by atoms with E-state index in [1.807, 2.05) is 6.92 Å². The lowest BCUT2D eigenvalue weighted by Gasteiger charge is -2.25. The summed E-state index contributed by atoms with van der Waals surface area (Å²) < 4.78 is 52.1. The summed E-state index contributed by atoms with van der Waals surface area (Å²) in [7, 11) is 4.63. The molecule has 0 unspecified atom stereocenters. The lowest BCUT2D eigenvalue weighted by atomic mass is 9.92. The molecule has 12 amide bonds. The molecule has 0 bridgehead atoms. The van der Waals surface area contributed by atoms with E-state index in [1.165, 1.54) is 6.20 Å². The summed E-state index contributed by atoms with van der Waals surface area (Å²) in [5.41, 5.74) is 7.05. The minimum Gasteiger partial charge on any atom is -0.390 e. The molecule has 12 rings (SSSR count). The maximum absolute atomic E-state index is 11.3. The van der Waals surface area contributed by atoms with Gasteiger partial charge in [0.05, 0.1) is 58.9 Å². The van der Waals surface area contributed by atoms with Gasteiger partial charge in [-0.25, -0.2) is 28.8 Å². The Balaban J connectivity index is 0.000000212. The van der Waals surface area contributed by atoms with Crippen LogP contribution in [-0.4, -0.2) is 386 Å². The molecule has 0 saturated carbocycles. The average Bonchev–Trinajstić information content (AvgIpc) is 1.66. The second kappa shape index (κ2) is 47.2. The zero-order valence-electron chi connectivity index (χ0n) is 77.6. The summed E-state index contributed by atoms with van der Waals surface area (Å²) in [6.45, 7) is 43.8. The van der Waals surface area contributed by atoms with Gasteiger partial charge in [0, 0.05) is 132 Å². The largest absolute Gasteiger partial charge is 0.390 e. The number of aliphatic hydroxyl groups excluding tert-OH is 7. The first-order chi connectivity index (χ1) is 59.7. The number of hydrogen-bond donors (Lipinski definition) is 19. The Kier molecular flexibility index (Phi) is 40.4. The predicted octanol–water partition coefficient (Wildman–Crippen LogP) is 6.39. The van der Waals surface area contributed by atoms with E-state index in [1.54, 1.807) is 52.3 Å². The molecule has 12 aliphatic rings. The van der Waals surface area contributed by atoms with E-state index in [9.17, 15) is 64.5 Å². The van der Waals surface area contributed by atoms with Crippen molar-refractivity contribution >= 4 is 138 Å². The zero-order chi connectivity index (χ0) is 96.8. The van der Waals surface area contributed by atoms with Crippen LogP contribution in [-0.2, 0) is 42.6 Å². The fourth-order valence-corrected chi connectivity index (χ4v) is 22.4. The highest BCUT2D eigenvalue weighted by atomic mass is 127. The van der Waals surface area contributed by atoms with Crippen LogP contribution < -0.4 is 63.8 Å². The Bertz CT molecular complexity index is 4220. The number of rotatable bonds is 27. The number of urea groups is 6. The molecule has 0 aromatic rings. The van der Waals surface area contributed by atoms with E-state index in [2.05, 4.69) is 244 Å². The van der Waals surface area contributed by atoms with Crippen molar-refractivity contribution in [3.8, 4) is 0 Å². The Hall–Kier alpha value is -5.61. The number of carbonyl (C=O) groups excluding carboxylic acids is 6. The van der Waals surface area contributed by atoms with Crippen molar-refractivity contribution in [2.75, 3.05) is 138 Å². The standard InChI is InChI=1S/3C15H25N2O4P.C15H25N2O3P.C14H22IN2O3P.C14H23N2O4P/c3*1-9-10(8-16-15(19)17-9)13-14(20-2)12(18)11(21-13)6-7-22(3,4)5;1-9-13(18)12(6-7-21(3,4)5)20-14(9)11-8-16-15(19)17-10(11)2;1-8-9(7-16-14(19)17-8)13-11(15)12(18)10(20-13)5-6-21(2,3)4;1-8-9(7-15-14(19)16-8)13-12(18)11(17)10(20-13)5-6-21(2,3)4/h3*8,11-14,18H,1,3,6-7H2,2,4-5H3,(H2,16,17,19);8-9,12-14,18H,2-3,6-7H2,1,4-5H3,(H2,16,17,19);7,10-13,18H,1-2,5-6H2,3-4H3,(H2,16,17,19);7,10-13,17-18H,1-2,5-6H2,3-4H3,(H2,15,16,19)/t3*11-,12-,13+,14-;9-,12-,13+,14-;2*10-,11-,12-,13+/m111111/s1. The van der Waals surface area contributed by atoms with E-state index in [0.29, 0.717) is 62.9 Å². The first-order valence-electron chi connectivity index (χ1n) is 42.5. The summed E-state index contributed by atoms with van der Waals surface area (Å²) >= 11 is 2.21. The third-order valence-electron chi connectivity index (χ3n) is 23.0. The Morgan fingerprint density at radius 2 is 0.481 bits per heavy atom. The van der Waals surface area contributed by atoms with E-state index in [-0.39, 0.29) is 88.8 Å². The first-order valence-corrected chi connectivity index (χ1v) is 62.1. The molecule has 0 spiro atoms. The molecule has 34 nitrogen and oxygen atoms in total. The third kappa shape index (κ3) is 32.3. The zero-order valence-corrected chi connectivity index (χ0v) is 85.1. The van der Waals surface area contributed by atoms with Gasteiger partial charge in [0.2, 0.25) is 0 Å². The van der Waals surface area contributed by atoms with E-state index < -0.39 is 133 Å². The maximum Gasteiger partial charge on any atom is 0.323 e. The number of alkyl halides is 1. The molecule has 0 aliphatic carbocycles. The van der Waals surface area contributed by atoms with Crippen molar-refractivity contribution in [2.45, 2.75) is 184 Å². The van der Waals surface area contributed by atoms with Crippen molar-refractivity contribution in [3.63, 3.8) is 0 Å². The SMILES string of the molecule is C=C1NC(=O)NC=C1[C@@H]1O[C@H](CCP(=C)(C)C)[C@@H](O)[C@H]1C.C=C1NC(=O)NC=C1[C@@H]1O[C@H](CCP(=C)(C)C)[C@@H](O)[C@H]1I.C=C1NC(=O)NC=C1[C@@H]1O[C@H](CCP(=C)(C)C)[C@@H](O)[C@H]1O.C=C1NC(=O)NC=C1[C@@H]1O[C@H](CCP(=C)(C)C)[C@@H](O)[C@H]1OC.C=C1NC(=O)NC=C1[C@@H]1O[C@H](CCP(=C)(C)C)[C@@H](O)[C@H]1OC.C=C1NC(=O)NC=C1[C@@H]1O[C@H](CCP(=C)(C)C)[C@@H](O)[C@H]1OC. The quantitative estimate of drug-likeness (QED) is 0.0240. The molecule has 12 aliphatic heterocycles. The molecule has 129 heavy (non-hydrogen) atoms. The maximum atomic E-state index is 11.3. The summed E-state index contributed by atoms with van der Waals surface area (Å²) in [6.07, 6.45) is 33.7. The van der Waals surface area contributed by atoms with E-state index in [4.69, 9.17) is 42.6 Å². The number of carbonyl (C=O) groups is 6. The molecule has 12 heterocycles. The van der Waals surface area contributed by atoms with Gasteiger partial charge < -0.3 is 142 Å². The van der Waals surface area contributed by atoms with Crippen molar-refractivity contribution < 1.29 is 107 Å². The molecule has 726 valence electrons. The highest BCUT2D eigenvalue weighted by molar-refractivity contribution is 14.1. The van der Waals surface area contributed by atoms with E-state index in [0.717, 1.165) is 80.2 Å². The van der Waals surface area contributed by atoms with E-state index >= 15 is 0 Å². The fourth-order valence-electron chi connectivity index (χ4n) is 15.7. The Labute approximate surface area is 776 Å². The third-order valence-corrected chi connectivity index (χ3v) is 33.2. The van der Waals surface area contributed by atoms with Crippen LogP contribution >= 0.6 is 63.9 Å². The van der Waals surface area contributed by atoms with Crippen LogP contribution in [0.15, 0.2) is 144 Å². The predicted molar refractivity (Wildman–Crippen MR) is 539 cm³/mol. The average molecular weight is 2040 g/mol. The molecule has 0 aromatic heterocycles. The molecule has 41 heteroatoms. The van der Waals surface area contributed by atoms with Gasteiger partial charge in [-0.3, -0.25) is 0 Å². The van der Waals surface area contributed by atoms with Gasteiger partial charge >= 0.3 is 36.2 Å². The number of ether oxygens (including phenoxy) is 9. The highest BCUT2D eigenvalue weighted by Gasteiger charge is 2.52. The van der Waals surface area contributed by atoms with Crippen LogP contribution in [0.5, 0.6) is 0 Å². The van der Waals surface area contributed by atoms with Gasteiger partial charge in [-0.2, -0.15) is 0 Å². The highest BCUT2D eigenvalue weighted by Crippen LogP contribution is 2.47. The summed E-state index contributed by atoms with van der Waals surface area (Å²) in [4.78, 5) is 67.5. The molecule has 0 aromatic carbocycles. The van der Waals surface area contributed by atoms with Crippen LogP contribution in [0.1, 0.15) is 45.4 Å². The topological polar surface area (TPSA) is 471 Å². The van der Waals surface area contributed by atoms with Gasteiger partial charge in [0.15, 0.2) is 0 Å². The van der Waals surface area contributed by atoms with Gasteiger partial charge in [0.25, 0.3) is 0 Å². The first kappa shape index (κ1) is 110. The molecule has 6 saturated heterocycles. The second-order valence-electron chi connectivity index (χ2n) is 38.2. The van der Waals surface area contributed by atoms with Crippen LogP contribution in [0.25, 0.3) is 0 Å². The smallest absolute Gasteiger partial charge is 0.323 e. The summed E-state index contributed by atoms with van der Waals surface area (Å²) in [5.74, 6) is -0.0407. The molecule has 6 fully saturated rings. The van der Waals surface area contributed by atoms with Crippen LogP contribution in [0.4, 0.5) is 28.8 Å². The van der Waals surface area contributed by atoms with Gasteiger partial charge in [0.1, 0.15) is 79.4 Å². The molecular formula is C88H145IN12O22P6.